The van der Waals surface area contributed by atoms with Crippen LogP contribution in [0.1, 0.15) is 51.4 Å². The van der Waals surface area contributed by atoms with Crippen LogP contribution in [0.15, 0.2) is 24.4 Å². The molecule has 116 valence electrons. The monoisotopic (exact) mass is 287 g/mol. The van der Waals surface area contributed by atoms with Crippen molar-refractivity contribution in [1.29, 1.82) is 0 Å². The number of anilines is 1. The molecule has 21 heavy (non-hydrogen) atoms. The van der Waals surface area contributed by atoms with Crippen molar-refractivity contribution in [2.45, 2.75) is 57.4 Å². The van der Waals surface area contributed by atoms with E-state index in [0.29, 0.717) is 6.04 Å². The highest BCUT2D eigenvalue weighted by atomic mass is 15.2. The first-order valence-electron chi connectivity index (χ1n) is 8.81. The molecule has 1 saturated heterocycles. The number of rotatable bonds is 4. The van der Waals surface area contributed by atoms with Crippen molar-refractivity contribution >= 4 is 5.82 Å². The van der Waals surface area contributed by atoms with Crippen LogP contribution in [-0.2, 0) is 0 Å². The van der Waals surface area contributed by atoms with Gasteiger partial charge in [0.25, 0.3) is 0 Å². The SMILES string of the molecule is c1ccc(N2CCC(NCC3CCCCCC3)CC2)nc1. The maximum atomic E-state index is 4.46. The third-order valence-electron chi connectivity index (χ3n) is 5.14. The number of nitrogens with one attached hydrogen (secondary N) is 1. The van der Waals surface area contributed by atoms with Crippen LogP contribution >= 0.6 is 0 Å². The second-order valence-corrected chi connectivity index (χ2v) is 6.72. The summed E-state index contributed by atoms with van der Waals surface area (Å²) in [5, 5.41) is 3.84. The third kappa shape index (κ3) is 4.44. The summed E-state index contributed by atoms with van der Waals surface area (Å²) in [4.78, 5) is 6.88. The minimum Gasteiger partial charge on any atom is -0.357 e. The van der Waals surface area contributed by atoms with E-state index in [2.05, 4.69) is 27.3 Å². The van der Waals surface area contributed by atoms with Crippen molar-refractivity contribution in [3.05, 3.63) is 24.4 Å². The molecule has 0 bridgehead atoms. The Bertz CT molecular complexity index is 390. The highest BCUT2D eigenvalue weighted by Crippen LogP contribution is 2.23. The van der Waals surface area contributed by atoms with E-state index < -0.39 is 0 Å². The maximum absolute atomic E-state index is 4.46. The van der Waals surface area contributed by atoms with E-state index in [4.69, 9.17) is 0 Å². The fourth-order valence-corrected chi connectivity index (χ4v) is 3.75. The Balaban J connectivity index is 1.39. The van der Waals surface area contributed by atoms with Gasteiger partial charge in [-0.1, -0.05) is 31.7 Å². The van der Waals surface area contributed by atoms with Gasteiger partial charge in [0.05, 0.1) is 0 Å². The molecular formula is C18H29N3. The Kier molecular flexibility index (Phi) is 5.50. The molecular weight excluding hydrogens is 258 g/mol. The lowest BCUT2D eigenvalue weighted by Gasteiger charge is -2.34. The van der Waals surface area contributed by atoms with Gasteiger partial charge in [-0.25, -0.2) is 4.98 Å². The van der Waals surface area contributed by atoms with Crippen LogP contribution < -0.4 is 10.2 Å². The quantitative estimate of drug-likeness (QED) is 0.858. The van der Waals surface area contributed by atoms with Gasteiger partial charge in [-0.2, -0.15) is 0 Å². The van der Waals surface area contributed by atoms with Gasteiger partial charge < -0.3 is 10.2 Å². The largest absolute Gasteiger partial charge is 0.357 e. The number of hydrogen-bond acceptors (Lipinski definition) is 3. The fraction of sp³-hybridized carbons (Fsp3) is 0.722. The van der Waals surface area contributed by atoms with E-state index in [0.717, 1.165) is 24.8 Å². The van der Waals surface area contributed by atoms with Crippen molar-refractivity contribution in [2.24, 2.45) is 5.92 Å². The molecule has 1 aromatic rings. The van der Waals surface area contributed by atoms with Crippen LogP contribution in [0.2, 0.25) is 0 Å². The molecule has 0 unspecified atom stereocenters. The zero-order valence-corrected chi connectivity index (χ0v) is 13.1. The lowest BCUT2D eigenvalue weighted by Crippen LogP contribution is -2.44. The Labute approximate surface area is 129 Å². The normalized spacial score (nSPS) is 22.2. The first-order valence-corrected chi connectivity index (χ1v) is 8.81. The zero-order chi connectivity index (χ0) is 14.3. The van der Waals surface area contributed by atoms with Gasteiger partial charge in [-0.05, 0) is 50.3 Å². The summed E-state index contributed by atoms with van der Waals surface area (Å²) in [5.74, 6) is 2.07. The predicted octanol–water partition coefficient (Wildman–Crippen LogP) is 3.61. The summed E-state index contributed by atoms with van der Waals surface area (Å²) in [5.41, 5.74) is 0. The molecule has 1 N–H and O–H groups in total. The van der Waals surface area contributed by atoms with Crippen molar-refractivity contribution < 1.29 is 0 Å². The molecule has 2 heterocycles. The van der Waals surface area contributed by atoms with Crippen molar-refractivity contribution in [3.63, 3.8) is 0 Å². The first kappa shape index (κ1) is 14.8. The minimum absolute atomic E-state index is 0.716. The maximum Gasteiger partial charge on any atom is 0.128 e. The summed E-state index contributed by atoms with van der Waals surface area (Å²) in [6.45, 7) is 3.52. The van der Waals surface area contributed by atoms with E-state index in [1.807, 2.05) is 12.3 Å². The van der Waals surface area contributed by atoms with E-state index in [1.165, 1.54) is 57.9 Å². The van der Waals surface area contributed by atoms with Crippen LogP contribution in [0.3, 0.4) is 0 Å². The molecule has 0 atom stereocenters. The highest BCUT2D eigenvalue weighted by Gasteiger charge is 2.21. The summed E-state index contributed by atoms with van der Waals surface area (Å²) in [6, 6.07) is 6.91. The number of hydrogen-bond donors (Lipinski definition) is 1. The number of pyridine rings is 1. The van der Waals surface area contributed by atoms with Gasteiger partial charge in [0.2, 0.25) is 0 Å². The molecule has 1 aromatic heterocycles. The smallest absolute Gasteiger partial charge is 0.128 e. The minimum atomic E-state index is 0.716. The van der Waals surface area contributed by atoms with E-state index >= 15 is 0 Å². The molecule has 1 aliphatic carbocycles. The van der Waals surface area contributed by atoms with E-state index in [1.54, 1.807) is 0 Å². The standard InChI is InChI=1S/C18H29N3/c1-2-4-8-16(7-3-1)15-20-17-10-13-21(14-11-17)18-9-5-6-12-19-18/h5-6,9,12,16-17,20H,1-4,7-8,10-11,13-15H2. The van der Waals surface area contributed by atoms with Crippen LogP contribution in [-0.4, -0.2) is 30.7 Å². The van der Waals surface area contributed by atoms with Crippen LogP contribution in [0.25, 0.3) is 0 Å². The van der Waals surface area contributed by atoms with E-state index in [-0.39, 0.29) is 0 Å². The van der Waals surface area contributed by atoms with E-state index in [9.17, 15) is 0 Å². The molecule has 0 radical (unpaired) electrons. The average molecular weight is 287 g/mol. The molecule has 3 nitrogen and oxygen atoms in total. The second kappa shape index (κ2) is 7.79. The lowest BCUT2D eigenvalue weighted by atomic mass is 9.98. The van der Waals surface area contributed by atoms with Gasteiger partial charge in [-0.15, -0.1) is 0 Å². The van der Waals surface area contributed by atoms with Crippen molar-refractivity contribution in [1.82, 2.24) is 10.3 Å². The molecule has 0 aromatic carbocycles. The van der Waals surface area contributed by atoms with Crippen LogP contribution in [0.4, 0.5) is 5.82 Å². The van der Waals surface area contributed by atoms with Crippen LogP contribution in [0.5, 0.6) is 0 Å². The Morgan fingerprint density at radius 2 is 1.76 bits per heavy atom. The van der Waals surface area contributed by atoms with Gasteiger partial charge in [0, 0.05) is 25.3 Å². The summed E-state index contributed by atoms with van der Waals surface area (Å²) < 4.78 is 0. The summed E-state index contributed by atoms with van der Waals surface area (Å²) in [7, 11) is 0. The Morgan fingerprint density at radius 3 is 2.43 bits per heavy atom. The number of nitrogens with zero attached hydrogens (tertiary/aromatic N) is 2. The first-order chi connectivity index (χ1) is 10.4. The zero-order valence-electron chi connectivity index (χ0n) is 13.1. The van der Waals surface area contributed by atoms with Crippen molar-refractivity contribution in [2.75, 3.05) is 24.5 Å². The number of piperidine rings is 1. The fourth-order valence-electron chi connectivity index (χ4n) is 3.75. The van der Waals surface area contributed by atoms with Gasteiger partial charge in [0.1, 0.15) is 5.82 Å². The molecule has 2 aliphatic rings. The molecule has 3 heteroatoms. The van der Waals surface area contributed by atoms with Crippen molar-refractivity contribution in [3.8, 4) is 0 Å². The third-order valence-corrected chi connectivity index (χ3v) is 5.14. The van der Waals surface area contributed by atoms with Gasteiger partial charge in [0.15, 0.2) is 0 Å². The average Bonchev–Trinajstić information content (AvgIpc) is 2.83. The molecule has 3 rings (SSSR count). The molecule has 1 aliphatic heterocycles. The molecule has 2 fully saturated rings. The van der Waals surface area contributed by atoms with Gasteiger partial charge in [-0.3, -0.25) is 0 Å². The highest BCUT2D eigenvalue weighted by molar-refractivity contribution is 5.38. The molecule has 0 amide bonds. The lowest BCUT2D eigenvalue weighted by molar-refractivity contribution is 0.354. The Hall–Kier alpha value is -1.09. The summed E-state index contributed by atoms with van der Waals surface area (Å²) >= 11 is 0. The number of aromatic nitrogens is 1. The second-order valence-electron chi connectivity index (χ2n) is 6.72. The molecule has 0 spiro atoms. The summed E-state index contributed by atoms with van der Waals surface area (Å²) in [6.07, 6.45) is 13.1. The predicted molar refractivity (Wildman–Crippen MR) is 88.7 cm³/mol. The topological polar surface area (TPSA) is 28.2 Å². The van der Waals surface area contributed by atoms with Gasteiger partial charge >= 0.3 is 0 Å². The molecule has 1 saturated carbocycles. The van der Waals surface area contributed by atoms with Crippen LogP contribution in [0, 0.1) is 5.92 Å². The Morgan fingerprint density at radius 1 is 1.00 bits per heavy atom.